The minimum absolute atomic E-state index is 0.385. The van der Waals surface area contributed by atoms with Crippen molar-refractivity contribution in [3.05, 3.63) is 71.8 Å². The summed E-state index contributed by atoms with van der Waals surface area (Å²) in [7, 11) is 1.37. The number of methoxy groups -OCH3 is 1. The molecule has 0 bridgehead atoms. The molecule has 0 amide bonds. The van der Waals surface area contributed by atoms with Gasteiger partial charge in [0.25, 0.3) is 0 Å². The Hall–Kier alpha value is -2.55. The number of hydrogen-bond donors (Lipinski definition) is 1. The summed E-state index contributed by atoms with van der Waals surface area (Å²) in [4.78, 5) is 11.5. The molecular formula is C17H17NO2. The second-order valence-electron chi connectivity index (χ2n) is 4.44. The summed E-state index contributed by atoms with van der Waals surface area (Å²) in [6, 6.07) is 17.7. The molecule has 0 aromatic heterocycles. The van der Waals surface area contributed by atoms with Crippen LogP contribution in [-0.4, -0.2) is 13.1 Å². The van der Waals surface area contributed by atoms with E-state index in [1.54, 1.807) is 0 Å². The van der Waals surface area contributed by atoms with Crippen molar-refractivity contribution in [2.45, 2.75) is 6.92 Å². The summed E-state index contributed by atoms with van der Waals surface area (Å²) >= 11 is 0. The fourth-order valence-electron chi connectivity index (χ4n) is 1.78. The first kappa shape index (κ1) is 13.9. The Labute approximate surface area is 118 Å². The van der Waals surface area contributed by atoms with E-state index in [-0.39, 0.29) is 5.97 Å². The normalized spacial score (nSPS) is 11.0. The minimum atomic E-state index is -0.385. The van der Waals surface area contributed by atoms with Crippen LogP contribution in [0.15, 0.2) is 60.7 Å². The summed E-state index contributed by atoms with van der Waals surface area (Å²) in [5.41, 5.74) is 3.74. The molecule has 2 aromatic carbocycles. The van der Waals surface area contributed by atoms with Crippen LogP contribution >= 0.6 is 0 Å². The predicted octanol–water partition coefficient (Wildman–Crippen LogP) is 3.62. The molecule has 0 saturated carbocycles. The molecule has 20 heavy (non-hydrogen) atoms. The van der Waals surface area contributed by atoms with Gasteiger partial charge in [0.2, 0.25) is 0 Å². The Morgan fingerprint density at radius 2 is 1.70 bits per heavy atom. The third-order valence-corrected chi connectivity index (χ3v) is 2.88. The van der Waals surface area contributed by atoms with E-state index in [0.717, 1.165) is 11.3 Å². The van der Waals surface area contributed by atoms with Gasteiger partial charge >= 0.3 is 5.97 Å². The van der Waals surface area contributed by atoms with Crippen LogP contribution in [-0.2, 0) is 9.53 Å². The molecule has 0 aliphatic heterocycles. The van der Waals surface area contributed by atoms with Crippen LogP contribution < -0.4 is 5.32 Å². The van der Waals surface area contributed by atoms with Gasteiger partial charge in [-0.15, -0.1) is 0 Å². The number of aryl methyl sites for hydroxylation is 1. The lowest BCUT2D eigenvalue weighted by atomic mass is 10.1. The number of carbonyl (C=O) groups excluding carboxylic acids is 1. The number of hydrogen-bond acceptors (Lipinski definition) is 3. The van der Waals surface area contributed by atoms with Gasteiger partial charge in [-0.25, -0.2) is 4.79 Å². The van der Waals surface area contributed by atoms with Crippen LogP contribution in [0.1, 0.15) is 11.1 Å². The first-order valence-corrected chi connectivity index (χ1v) is 6.38. The van der Waals surface area contributed by atoms with Gasteiger partial charge in [0.15, 0.2) is 0 Å². The number of nitrogens with one attached hydrogen (secondary N) is 1. The fourth-order valence-corrected chi connectivity index (χ4v) is 1.78. The van der Waals surface area contributed by atoms with Crippen LogP contribution in [0.3, 0.4) is 0 Å². The van der Waals surface area contributed by atoms with Crippen LogP contribution in [0.2, 0.25) is 0 Å². The number of anilines is 1. The third kappa shape index (κ3) is 3.72. The summed E-state index contributed by atoms with van der Waals surface area (Å²) in [6.07, 6.45) is 1.46. The molecule has 0 aliphatic carbocycles. The summed E-state index contributed by atoms with van der Waals surface area (Å²) in [6.45, 7) is 2.03. The minimum Gasteiger partial charge on any atom is -0.466 e. The second kappa shape index (κ2) is 6.57. The highest BCUT2D eigenvalue weighted by Gasteiger charge is 2.05. The second-order valence-corrected chi connectivity index (χ2v) is 4.44. The van der Waals surface area contributed by atoms with Crippen molar-refractivity contribution in [3.8, 4) is 0 Å². The first-order valence-electron chi connectivity index (χ1n) is 6.38. The zero-order valence-electron chi connectivity index (χ0n) is 11.6. The van der Waals surface area contributed by atoms with Gasteiger partial charge < -0.3 is 10.1 Å². The highest BCUT2D eigenvalue weighted by Crippen LogP contribution is 2.19. The molecule has 0 saturated heterocycles. The number of carbonyl (C=O) groups is 1. The molecule has 102 valence electrons. The monoisotopic (exact) mass is 267 g/mol. The fraction of sp³-hybridized carbons (Fsp3) is 0.118. The van der Waals surface area contributed by atoms with E-state index in [9.17, 15) is 4.79 Å². The molecule has 2 rings (SSSR count). The molecule has 3 nitrogen and oxygen atoms in total. The maximum Gasteiger partial charge on any atom is 0.332 e. The van der Waals surface area contributed by atoms with Crippen LogP contribution in [0, 0.1) is 6.92 Å². The Morgan fingerprint density at radius 3 is 2.30 bits per heavy atom. The smallest absolute Gasteiger partial charge is 0.332 e. The number of esters is 1. The van der Waals surface area contributed by atoms with Crippen molar-refractivity contribution in [1.82, 2.24) is 0 Å². The molecule has 0 fully saturated rings. The van der Waals surface area contributed by atoms with Crippen LogP contribution in [0.25, 0.3) is 5.70 Å². The molecular weight excluding hydrogens is 250 g/mol. The number of benzene rings is 2. The third-order valence-electron chi connectivity index (χ3n) is 2.88. The highest BCUT2D eigenvalue weighted by atomic mass is 16.5. The van der Waals surface area contributed by atoms with Gasteiger partial charge in [-0.1, -0.05) is 48.0 Å². The van der Waals surface area contributed by atoms with E-state index in [1.165, 1.54) is 18.7 Å². The highest BCUT2D eigenvalue weighted by molar-refractivity contribution is 5.94. The van der Waals surface area contributed by atoms with E-state index in [2.05, 4.69) is 5.32 Å². The lowest BCUT2D eigenvalue weighted by Gasteiger charge is -2.11. The SMILES string of the molecule is COC(=O)/C=C(\Nc1ccccc1)c1ccc(C)cc1. The maximum atomic E-state index is 11.5. The zero-order chi connectivity index (χ0) is 14.4. The van der Waals surface area contributed by atoms with Gasteiger partial charge in [-0.2, -0.15) is 0 Å². The van der Waals surface area contributed by atoms with Crippen molar-refractivity contribution in [1.29, 1.82) is 0 Å². The van der Waals surface area contributed by atoms with E-state index >= 15 is 0 Å². The van der Waals surface area contributed by atoms with Crippen molar-refractivity contribution in [2.75, 3.05) is 12.4 Å². The number of rotatable bonds is 4. The summed E-state index contributed by atoms with van der Waals surface area (Å²) in [5, 5.41) is 3.24. The Balaban J connectivity index is 2.32. The Morgan fingerprint density at radius 1 is 1.05 bits per heavy atom. The van der Waals surface area contributed by atoms with E-state index in [1.807, 2.05) is 61.5 Å². The maximum absolute atomic E-state index is 11.5. The van der Waals surface area contributed by atoms with Crippen molar-refractivity contribution >= 4 is 17.4 Å². The molecule has 3 heteroatoms. The lowest BCUT2D eigenvalue weighted by molar-refractivity contribution is -0.134. The van der Waals surface area contributed by atoms with Gasteiger partial charge in [-0.3, -0.25) is 0 Å². The molecule has 0 atom stereocenters. The quantitative estimate of drug-likeness (QED) is 0.679. The van der Waals surface area contributed by atoms with E-state index in [0.29, 0.717) is 5.70 Å². The molecule has 0 unspecified atom stereocenters. The number of ether oxygens (including phenoxy) is 1. The molecule has 0 radical (unpaired) electrons. The largest absolute Gasteiger partial charge is 0.466 e. The van der Waals surface area contributed by atoms with Gasteiger partial charge in [0.05, 0.1) is 12.8 Å². The predicted molar refractivity (Wildman–Crippen MR) is 81.2 cm³/mol. The average molecular weight is 267 g/mol. The van der Waals surface area contributed by atoms with Gasteiger partial charge in [0.1, 0.15) is 0 Å². The van der Waals surface area contributed by atoms with Crippen LogP contribution in [0.4, 0.5) is 5.69 Å². The first-order chi connectivity index (χ1) is 9.69. The van der Waals surface area contributed by atoms with Crippen molar-refractivity contribution < 1.29 is 9.53 Å². The summed E-state index contributed by atoms with van der Waals surface area (Å²) in [5.74, 6) is -0.385. The van der Waals surface area contributed by atoms with E-state index in [4.69, 9.17) is 4.74 Å². The molecule has 0 spiro atoms. The molecule has 0 heterocycles. The number of para-hydroxylation sites is 1. The zero-order valence-corrected chi connectivity index (χ0v) is 11.6. The standard InChI is InChI=1S/C17H17NO2/c1-13-8-10-14(11-9-13)16(12-17(19)20-2)18-15-6-4-3-5-7-15/h3-12,18H,1-2H3/b16-12-. The Bertz CT molecular complexity index is 601. The van der Waals surface area contributed by atoms with Gasteiger partial charge in [0, 0.05) is 11.8 Å². The van der Waals surface area contributed by atoms with Crippen molar-refractivity contribution in [2.24, 2.45) is 0 Å². The van der Waals surface area contributed by atoms with Gasteiger partial charge in [-0.05, 0) is 24.6 Å². The van der Waals surface area contributed by atoms with Crippen molar-refractivity contribution in [3.63, 3.8) is 0 Å². The molecule has 1 N–H and O–H groups in total. The molecule has 0 aliphatic rings. The summed E-state index contributed by atoms with van der Waals surface area (Å²) < 4.78 is 4.71. The van der Waals surface area contributed by atoms with Crippen LogP contribution in [0.5, 0.6) is 0 Å². The molecule has 2 aromatic rings. The average Bonchev–Trinajstić information content (AvgIpc) is 2.48. The van der Waals surface area contributed by atoms with E-state index < -0.39 is 0 Å². The Kier molecular flexibility index (Phi) is 4.56. The lowest BCUT2D eigenvalue weighted by Crippen LogP contribution is -2.04. The topological polar surface area (TPSA) is 38.3 Å².